The average Bonchev–Trinajstić information content (AvgIpc) is 3.30. The molecule has 4 aliphatic rings. The Labute approximate surface area is 311 Å². The summed E-state index contributed by atoms with van der Waals surface area (Å²) in [6.45, 7) is 4.26. The molecule has 2 atom stereocenters. The number of benzene rings is 2. The van der Waals surface area contributed by atoms with Crippen molar-refractivity contribution in [2.75, 3.05) is 64.7 Å². The van der Waals surface area contributed by atoms with Crippen LogP contribution in [-0.2, 0) is 39.5 Å². The first kappa shape index (κ1) is 39.8. The van der Waals surface area contributed by atoms with Crippen LogP contribution in [0.15, 0.2) is 42.5 Å². The number of anilines is 1. The lowest BCUT2D eigenvalue weighted by atomic mass is 9.87. The molecular weight excluding hydrogens is 716 g/mol. The minimum Gasteiger partial charge on any atom is -0.436 e. The van der Waals surface area contributed by atoms with E-state index in [2.05, 4.69) is 22.2 Å². The lowest BCUT2D eigenvalue weighted by Crippen LogP contribution is -2.56. The molecule has 4 aliphatic heterocycles. The Morgan fingerprint density at radius 2 is 1.43 bits per heavy atom. The van der Waals surface area contributed by atoms with Crippen LogP contribution in [0, 0.1) is 11.8 Å². The third-order valence-electron chi connectivity index (χ3n) is 11.6. The maximum absolute atomic E-state index is 13.9. The lowest BCUT2D eigenvalue weighted by Gasteiger charge is -2.42. The summed E-state index contributed by atoms with van der Waals surface area (Å²) < 4.78 is 88.0. The Morgan fingerprint density at radius 1 is 0.796 bits per heavy atom. The molecule has 0 bridgehead atoms. The molecule has 0 spiro atoms. The van der Waals surface area contributed by atoms with Gasteiger partial charge in [0.2, 0.25) is 5.91 Å². The number of likely N-dealkylation sites (tertiary alicyclic amines) is 2. The number of nitrogens with zero attached hydrogens (tertiary/aromatic N) is 4. The first-order valence-corrected chi connectivity index (χ1v) is 19.0. The van der Waals surface area contributed by atoms with E-state index in [1.807, 2.05) is 24.3 Å². The molecule has 4 heterocycles. The van der Waals surface area contributed by atoms with Crippen LogP contribution in [0.3, 0.4) is 0 Å². The van der Waals surface area contributed by atoms with Gasteiger partial charge in [0.05, 0.1) is 11.1 Å². The smallest absolute Gasteiger partial charge is 0.416 e. The molecule has 2 aromatic rings. The van der Waals surface area contributed by atoms with Gasteiger partial charge in [0.1, 0.15) is 0 Å². The highest BCUT2D eigenvalue weighted by Crippen LogP contribution is 2.37. The maximum Gasteiger partial charge on any atom is 0.416 e. The van der Waals surface area contributed by atoms with E-state index in [0.717, 1.165) is 56.4 Å². The Bertz CT molecular complexity index is 1600. The second kappa shape index (κ2) is 16.9. The molecule has 1 N–H and O–H groups in total. The molecular formula is C39H49F6N5O4. The summed E-state index contributed by atoms with van der Waals surface area (Å²) in [7, 11) is 2.07. The summed E-state index contributed by atoms with van der Waals surface area (Å²) in [5, 5.41) is 3.03. The minimum absolute atomic E-state index is 0.00281. The van der Waals surface area contributed by atoms with Crippen LogP contribution >= 0.6 is 0 Å². The number of piperazine rings is 1. The molecule has 0 aliphatic carbocycles. The summed E-state index contributed by atoms with van der Waals surface area (Å²) in [6, 6.07) is 9.33. The van der Waals surface area contributed by atoms with Gasteiger partial charge in [-0.2, -0.15) is 26.3 Å². The molecule has 3 saturated heterocycles. The Morgan fingerprint density at radius 3 is 2.06 bits per heavy atom. The van der Waals surface area contributed by atoms with E-state index in [9.17, 15) is 40.7 Å². The fourth-order valence-electron chi connectivity index (χ4n) is 8.27. The molecule has 54 heavy (non-hydrogen) atoms. The number of aryl methyl sites for hydroxylation is 1. The minimum atomic E-state index is -5.06. The maximum atomic E-state index is 13.9. The fourth-order valence-corrected chi connectivity index (χ4v) is 8.27. The number of ether oxygens (including phenoxy) is 1. The molecule has 3 amide bonds. The van der Waals surface area contributed by atoms with Gasteiger partial charge in [-0.3, -0.25) is 14.5 Å². The fraction of sp³-hybridized carbons (Fsp3) is 0.615. The molecule has 6 rings (SSSR count). The molecule has 2 aromatic carbocycles. The van der Waals surface area contributed by atoms with Crippen molar-refractivity contribution in [3.05, 3.63) is 64.7 Å². The van der Waals surface area contributed by atoms with Crippen molar-refractivity contribution in [2.45, 2.75) is 82.3 Å². The summed E-state index contributed by atoms with van der Waals surface area (Å²) >= 11 is 0. The van der Waals surface area contributed by atoms with E-state index in [1.54, 1.807) is 0 Å². The molecule has 9 nitrogen and oxygen atoms in total. The van der Waals surface area contributed by atoms with Crippen molar-refractivity contribution in [3.63, 3.8) is 0 Å². The predicted molar refractivity (Wildman–Crippen MR) is 190 cm³/mol. The van der Waals surface area contributed by atoms with E-state index < -0.39 is 53.6 Å². The number of piperidine rings is 2. The van der Waals surface area contributed by atoms with Crippen molar-refractivity contribution in [3.8, 4) is 0 Å². The molecule has 0 radical (unpaired) electrons. The van der Waals surface area contributed by atoms with Crippen LogP contribution in [0.25, 0.3) is 0 Å². The number of nitrogens with one attached hydrogen (secondary N) is 1. The van der Waals surface area contributed by atoms with Gasteiger partial charge >= 0.3 is 18.4 Å². The topological polar surface area (TPSA) is 85.4 Å². The first-order valence-electron chi connectivity index (χ1n) is 19.0. The summed E-state index contributed by atoms with van der Waals surface area (Å²) in [5.41, 5.74) is -1.44. The van der Waals surface area contributed by atoms with E-state index in [0.29, 0.717) is 76.7 Å². The van der Waals surface area contributed by atoms with Gasteiger partial charge in [0.15, 0.2) is 6.10 Å². The summed E-state index contributed by atoms with van der Waals surface area (Å²) in [6.07, 6.45) is -6.95. The van der Waals surface area contributed by atoms with E-state index >= 15 is 0 Å². The van der Waals surface area contributed by atoms with Crippen LogP contribution < -0.4 is 5.32 Å². The largest absolute Gasteiger partial charge is 0.436 e. The second-order valence-electron chi connectivity index (χ2n) is 15.3. The zero-order chi connectivity index (χ0) is 38.6. The van der Waals surface area contributed by atoms with Gasteiger partial charge in [-0.15, -0.1) is 0 Å². The van der Waals surface area contributed by atoms with E-state index in [-0.39, 0.29) is 23.8 Å². The van der Waals surface area contributed by atoms with Crippen LogP contribution in [0.4, 0.5) is 36.8 Å². The van der Waals surface area contributed by atoms with Gasteiger partial charge in [-0.1, -0.05) is 18.2 Å². The number of halogens is 6. The second-order valence-corrected chi connectivity index (χ2v) is 15.3. The van der Waals surface area contributed by atoms with E-state index in [4.69, 9.17) is 4.74 Å². The molecule has 0 aromatic heterocycles. The highest BCUT2D eigenvalue weighted by Gasteiger charge is 2.39. The van der Waals surface area contributed by atoms with Crippen molar-refractivity contribution in [2.24, 2.45) is 11.8 Å². The van der Waals surface area contributed by atoms with Gasteiger partial charge in [0.25, 0.3) is 5.91 Å². The number of amides is 3. The van der Waals surface area contributed by atoms with Gasteiger partial charge in [-0.05, 0) is 113 Å². The molecule has 296 valence electrons. The van der Waals surface area contributed by atoms with Crippen molar-refractivity contribution in [1.82, 2.24) is 19.6 Å². The number of rotatable bonds is 8. The quantitative estimate of drug-likeness (QED) is 0.301. The third-order valence-corrected chi connectivity index (χ3v) is 11.6. The highest BCUT2D eigenvalue weighted by molar-refractivity contribution is 5.94. The number of hydrogen-bond donors (Lipinski definition) is 1. The number of alkyl halides is 6. The number of carbonyl (C=O) groups excluding carboxylic acids is 3. The van der Waals surface area contributed by atoms with Crippen LogP contribution in [0.1, 0.15) is 67.2 Å². The molecule has 3 fully saturated rings. The molecule has 15 heteroatoms. The molecule has 1 unspecified atom stereocenters. The van der Waals surface area contributed by atoms with Crippen LogP contribution in [0.2, 0.25) is 0 Å². The average molecular weight is 766 g/mol. The van der Waals surface area contributed by atoms with Crippen molar-refractivity contribution >= 4 is 23.6 Å². The number of carbonyl (C=O) groups is 3. The summed E-state index contributed by atoms with van der Waals surface area (Å²) in [5.74, 6) is -0.525. The normalized spacial score (nSPS) is 22.0. The standard InChI is InChI=1S/C39H49F6N5O4/c1-47-14-12-32(13-15-47)48-18-20-49(21-19-48)36(52)34(24-27-22-30(38(40,41)42)25-31(23-27)39(43,44)45)54-37(53)50-16-10-26(11-17-50)6-7-29-9-8-28-4-2-3-5-33(28)46-35(29)51/h2-5,22-23,25-26,29,32,34H,6-21,24H2,1H3,(H,46,51)/t29?,34-/m1/s1. The third kappa shape index (κ3) is 10.1. The number of fused-ring (bicyclic) bond motifs is 1. The Hall–Kier alpha value is -3.85. The lowest BCUT2D eigenvalue weighted by molar-refractivity contribution is -0.143. The summed E-state index contributed by atoms with van der Waals surface area (Å²) in [4.78, 5) is 47.9. The predicted octanol–water partition coefficient (Wildman–Crippen LogP) is 6.70. The monoisotopic (exact) mass is 765 g/mol. The highest BCUT2D eigenvalue weighted by atomic mass is 19.4. The molecule has 0 saturated carbocycles. The van der Waals surface area contributed by atoms with Crippen LogP contribution in [0.5, 0.6) is 0 Å². The Balaban J connectivity index is 1.09. The first-order chi connectivity index (χ1) is 25.6. The van der Waals surface area contributed by atoms with Crippen molar-refractivity contribution in [1.29, 1.82) is 0 Å². The zero-order valence-corrected chi connectivity index (χ0v) is 30.6. The van der Waals surface area contributed by atoms with Gasteiger partial charge in [0, 0.05) is 63.3 Å². The van der Waals surface area contributed by atoms with Crippen molar-refractivity contribution < 1.29 is 45.5 Å². The van der Waals surface area contributed by atoms with E-state index in [1.165, 1.54) is 9.80 Å². The zero-order valence-electron chi connectivity index (χ0n) is 30.6. The van der Waals surface area contributed by atoms with Gasteiger partial charge < -0.3 is 24.8 Å². The van der Waals surface area contributed by atoms with Crippen LogP contribution in [-0.4, -0.2) is 109 Å². The number of hydrogen-bond acceptors (Lipinski definition) is 6. The van der Waals surface area contributed by atoms with Gasteiger partial charge in [-0.25, -0.2) is 4.79 Å². The SMILES string of the molecule is CN1CCC(N2CCN(C(=O)[C@@H](Cc3cc(C(F)(F)F)cc(C(F)(F)F)c3)OC(=O)N3CCC(CCC4CCc5ccccc5NC4=O)CC3)CC2)CC1. The Kier molecular flexibility index (Phi) is 12.5. The number of para-hydroxylation sites is 1.